The molecule has 2 aliphatic rings. The number of amides is 2. The average Bonchev–Trinajstić information content (AvgIpc) is 3.34. The van der Waals surface area contributed by atoms with Crippen LogP contribution in [0.5, 0.6) is 0 Å². The fraction of sp³-hybridized carbons (Fsp3) is 0.474. The number of esters is 1. The van der Waals surface area contributed by atoms with Crippen LogP contribution < -0.4 is 5.32 Å². The molecular weight excluding hydrogens is 398 g/mol. The molecule has 0 bridgehead atoms. The molecule has 7 nitrogen and oxygen atoms in total. The minimum absolute atomic E-state index is 0.0418. The second kappa shape index (κ2) is 9.97. The number of ether oxygens (including phenoxy) is 1. The predicted molar refractivity (Wildman–Crippen MR) is 112 cm³/mol. The van der Waals surface area contributed by atoms with Crippen molar-refractivity contribution in [2.45, 2.75) is 24.6 Å². The zero-order chi connectivity index (χ0) is 19.9. The van der Waals surface area contributed by atoms with E-state index in [0.29, 0.717) is 11.3 Å². The van der Waals surface area contributed by atoms with Crippen LogP contribution >= 0.6 is 23.5 Å². The van der Waals surface area contributed by atoms with E-state index in [2.05, 4.69) is 10.3 Å². The van der Waals surface area contributed by atoms with Crippen molar-refractivity contribution in [1.82, 2.24) is 10.2 Å². The number of aliphatic imine (C=N–C) groups is 1. The maximum Gasteiger partial charge on any atom is 0.338 e. The van der Waals surface area contributed by atoms with Crippen molar-refractivity contribution in [1.29, 1.82) is 0 Å². The van der Waals surface area contributed by atoms with Crippen LogP contribution in [0, 0.1) is 0 Å². The maximum atomic E-state index is 12.4. The molecule has 9 heteroatoms. The van der Waals surface area contributed by atoms with Crippen LogP contribution in [0.4, 0.5) is 0 Å². The summed E-state index contributed by atoms with van der Waals surface area (Å²) in [5, 5.41) is 2.82. The van der Waals surface area contributed by atoms with Crippen LogP contribution in [-0.4, -0.2) is 65.6 Å². The van der Waals surface area contributed by atoms with Crippen LogP contribution in [0.3, 0.4) is 0 Å². The normalized spacial score (nSPS) is 15.7. The van der Waals surface area contributed by atoms with Gasteiger partial charge in [0.1, 0.15) is 4.38 Å². The number of nitrogens with zero attached hydrogens (tertiary/aromatic N) is 2. The summed E-state index contributed by atoms with van der Waals surface area (Å²) in [4.78, 5) is 42.0. The summed E-state index contributed by atoms with van der Waals surface area (Å²) in [5.41, 5.74) is 1.29. The first kappa shape index (κ1) is 20.7. The SMILES string of the molecule is CN(CC(=O)NC1CC1)C(=O)COC(=O)c1ccccc1CSC1=NCCS1. The third-order valence-corrected chi connectivity index (χ3v) is 6.52. The van der Waals surface area contributed by atoms with E-state index in [-0.39, 0.29) is 18.5 Å². The topological polar surface area (TPSA) is 88.1 Å². The third-order valence-electron chi connectivity index (χ3n) is 4.22. The Hall–Kier alpha value is -2.00. The lowest BCUT2D eigenvalue weighted by atomic mass is 10.1. The first-order valence-electron chi connectivity index (χ1n) is 9.11. The number of rotatable bonds is 8. The van der Waals surface area contributed by atoms with Crippen molar-refractivity contribution in [2.24, 2.45) is 4.99 Å². The third kappa shape index (κ3) is 6.27. The van der Waals surface area contributed by atoms with Gasteiger partial charge in [-0.05, 0) is 24.5 Å². The Morgan fingerprint density at radius 1 is 1.32 bits per heavy atom. The zero-order valence-corrected chi connectivity index (χ0v) is 17.3. The number of benzene rings is 1. The van der Waals surface area contributed by atoms with E-state index in [0.717, 1.165) is 35.1 Å². The van der Waals surface area contributed by atoms with Crippen LogP contribution in [0.1, 0.15) is 28.8 Å². The molecule has 1 aromatic carbocycles. The molecule has 1 aliphatic heterocycles. The Kier molecular flexibility index (Phi) is 7.38. The highest BCUT2D eigenvalue weighted by atomic mass is 32.2. The molecule has 1 fully saturated rings. The van der Waals surface area contributed by atoms with Gasteiger partial charge in [-0.3, -0.25) is 14.6 Å². The Bertz CT molecular complexity index is 780. The van der Waals surface area contributed by atoms with Crippen molar-refractivity contribution in [2.75, 3.05) is 32.5 Å². The zero-order valence-electron chi connectivity index (χ0n) is 15.7. The minimum Gasteiger partial charge on any atom is -0.452 e. The molecule has 3 rings (SSSR count). The molecule has 1 saturated carbocycles. The number of carbonyl (C=O) groups excluding carboxylic acids is 3. The largest absolute Gasteiger partial charge is 0.452 e. The molecule has 0 aromatic heterocycles. The van der Waals surface area contributed by atoms with Gasteiger partial charge in [0.15, 0.2) is 6.61 Å². The standard InChI is InChI=1S/C19H23N3O4S2/c1-22(10-16(23)21-14-6-7-14)17(24)11-26-18(25)15-5-3-2-4-13(15)12-28-19-20-8-9-27-19/h2-5,14H,6-12H2,1H3,(H,21,23). The molecule has 1 N–H and O–H groups in total. The number of likely N-dealkylation sites (N-methyl/N-ethyl adjacent to an activating group) is 1. The van der Waals surface area contributed by atoms with Gasteiger partial charge in [0, 0.05) is 24.6 Å². The monoisotopic (exact) mass is 421 g/mol. The van der Waals surface area contributed by atoms with E-state index in [9.17, 15) is 14.4 Å². The maximum absolute atomic E-state index is 12.4. The number of hydrogen-bond acceptors (Lipinski definition) is 7. The summed E-state index contributed by atoms with van der Waals surface area (Å²) in [6, 6.07) is 7.45. The van der Waals surface area contributed by atoms with Gasteiger partial charge in [0.2, 0.25) is 5.91 Å². The fourth-order valence-corrected chi connectivity index (χ4v) is 4.52. The van der Waals surface area contributed by atoms with Crippen molar-refractivity contribution in [3.05, 3.63) is 35.4 Å². The Labute approximate surface area is 172 Å². The summed E-state index contributed by atoms with van der Waals surface area (Å²) in [6.45, 7) is 0.404. The van der Waals surface area contributed by atoms with Gasteiger partial charge in [-0.1, -0.05) is 41.7 Å². The first-order chi connectivity index (χ1) is 13.5. The van der Waals surface area contributed by atoms with E-state index in [1.165, 1.54) is 11.9 Å². The van der Waals surface area contributed by atoms with Gasteiger partial charge < -0.3 is 15.0 Å². The highest BCUT2D eigenvalue weighted by molar-refractivity contribution is 8.38. The lowest BCUT2D eigenvalue weighted by Gasteiger charge is -2.17. The number of carbonyl (C=O) groups is 3. The van der Waals surface area contributed by atoms with Crippen molar-refractivity contribution < 1.29 is 19.1 Å². The molecule has 1 heterocycles. The minimum atomic E-state index is -0.540. The van der Waals surface area contributed by atoms with Crippen LogP contribution in [0.15, 0.2) is 29.3 Å². The number of hydrogen-bond donors (Lipinski definition) is 1. The smallest absolute Gasteiger partial charge is 0.338 e. The summed E-state index contributed by atoms with van der Waals surface area (Å²) in [5.74, 6) is 0.469. The average molecular weight is 422 g/mol. The summed E-state index contributed by atoms with van der Waals surface area (Å²) < 4.78 is 6.22. The van der Waals surface area contributed by atoms with E-state index in [4.69, 9.17) is 4.74 Å². The summed E-state index contributed by atoms with van der Waals surface area (Å²) in [6.07, 6.45) is 1.98. The second-order valence-corrected chi connectivity index (χ2v) is 8.92. The molecule has 0 saturated heterocycles. The summed E-state index contributed by atoms with van der Waals surface area (Å²) >= 11 is 3.32. The molecule has 2 amide bonds. The fourth-order valence-electron chi connectivity index (χ4n) is 2.51. The van der Waals surface area contributed by atoms with E-state index >= 15 is 0 Å². The Morgan fingerprint density at radius 2 is 2.11 bits per heavy atom. The van der Waals surface area contributed by atoms with Gasteiger partial charge in [0.05, 0.1) is 18.7 Å². The molecule has 28 heavy (non-hydrogen) atoms. The number of thioether (sulfide) groups is 2. The van der Waals surface area contributed by atoms with E-state index in [1.807, 2.05) is 12.1 Å². The Balaban J connectivity index is 1.48. The van der Waals surface area contributed by atoms with Crippen molar-refractivity contribution in [3.63, 3.8) is 0 Å². The van der Waals surface area contributed by atoms with Gasteiger partial charge in [0.25, 0.3) is 5.91 Å². The molecule has 1 aliphatic carbocycles. The van der Waals surface area contributed by atoms with Gasteiger partial charge in [-0.2, -0.15) is 0 Å². The molecule has 150 valence electrons. The highest BCUT2D eigenvalue weighted by Gasteiger charge is 2.24. The number of nitrogens with one attached hydrogen (secondary N) is 1. The molecule has 0 radical (unpaired) electrons. The second-order valence-electron chi connectivity index (χ2n) is 6.61. The van der Waals surface area contributed by atoms with Crippen LogP contribution in [0.25, 0.3) is 0 Å². The van der Waals surface area contributed by atoms with Gasteiger partial charge in [-0.15, -0.1) is 0 Å². The van der Waals surface area contributed by atoms with Crippen LogP contribution in [-0.2, 0) is 20.1 Å². The molecule has 0 unspecified atom stereocenters. The van der Waals surface area contributed by atoms with Gasteiger partial charge in [-0.25, -0.2) is 4.79 Å². The quantitative estimate of drug-likeness (QED) is 0.645. The van der Waals surface area contributed by atoms with Crippen molar-refractivity contribution >= 4 is 45.7 Å². The van der Waals surface area contributed by atoms with E-state index < -0.39 is 18.5 Å². The van der Waals surface area contributed by atoms with Crippen LogP contribution in [0.2, 0.25) is 0 Å². The lowest BCUT2D eigenvalue weighted by Crippen LogP contribution is -2.40. The Morgan fingerprint density at radius 3 is 2.82 bits per heavy atom. The van der Waals surface area contributed by atoms with Gasteiger partial charge >= 0.3 is 5.97 Å². The molecule has 1 aromatic rings. The lowest BCUT2D eigenvalue weighted by molar-refractivity contribution is -0.137. The first-order valence-corrected chi connectivity index (χ1v) is 11.1. The predicted octanol–water partition coefficient (Wildman–Crippen LogP) is 1.92. The molecular formula is C19H23N3O4S2. The molecule has 0 atom stereocenters. The summed E-state index contributed by atoms with van der Waals surface area (Å²) in [7, 11) is 1.52. The van der Waals surface area contributed by atoms with E-state index in [1.54, 1.807) is 35.7 Å². The van der Waals surface area contributed by atoms with Crippen molar-refractivity contribution in [3.8, 4) is 0 Å². The highest BCUT2D eigenvalue weighted by Crippen LogP contribution is 2.26. The molecule has 0 spiro atoms.